The Morgan fingerprint density at radius 2 is 1.79 bits per heavy atom. The summed E-state index contributed by atoms with van der Waals surface area (Å²) in [5.74, 6) is -0.0967. The summed E-state index contributed by atoms with van der Waals surface area (Å²) in [6.07, 6.45) is 0. The van der Waals surface area contributed by atoms with Crippen molar-refractivity contribution < 1.29 is 9.90 Å². The number of imidazole rings is 1. The van der Waals surface area contributed by atoms with Gasteiger partial charge in [-0.3, -0.25) is 0 Å². The van der Waals surface area contributed by atoms with Gasteiger partial charge in [0.25, 0.3) is 0 Å². The number of para-hydroxylation sites is 1. The number of benzene rings is 2. The molecule has 0 unspecified atom stereocenters. The largest absolute Gasteiger partial charge is 0.478 e. The standard InChI is InChI=1S/C19H17N3O2/c1-11-13(19(23)24)8-9-15-17(11)20-18(22(15)3)16-10-12-6-4-5-7-14(12)21(16)2/h4-10H,1-3H3,(H,23,24). The minimum atomic E-state index is -0.925. The van der Waals surface area contributed by atoms with Gasteiger partial charge in [-0.2, -0.15) is 0 Å². The maximum Gasteiger partial charge on any atom is 0.336 e. The smallest absolute Gasteiger partial charge is 0.336 e. The molecule has 0 aliphatic carbocycles. The third-order valence-corrected chi connectivity index (χ3v) is 4.72. The Morgan fingerprint density at radius 1 is 1.04 bits per heavy atom. The lowest BCUT2D eigenvalue weighted by Crippen LogP contribution is -2.00. The Bertz CT molecular complexity index is 1120. The Kier molecular flexibility index (Phi) is 3.00. The average Bonchev–Trinajstić information content (AvgIpc) is 3.07. The molecule has 0 radical (unpaired) electrons. The number of nitrogens with zero attached hydrogens (tertiary/aromatic N) is 3. The van der Waals surface area contributed by atoms with E-state index in [0.29, 0.717) is 11.1 Å². The van der Waals surface area contributed by atoms with Gasteiger partial charge in [-0.15, -0.1) is 0 Å². The molecule has 4 aromatic rings. The molecule has 0 aliphatic heterocycles. The van der Waals surface area contributed by atoms with Crippen LogP contribution in [0.25, 0.3) is 33.5 Å². The third kappa shape index (κ3) is 1.88. The van der Waals surface area contributed by atoms with Crippen LogP contribution < -0.4 is 0 Å². The second-order valence-corrected chi connectivity index (χ2v) is 6.05. The van der Waals surface area contributed by atoms with E-state index in [1.165, 1.54) is 0 Å². The molecule has 120 valence electrons. The van der Waals surface area contributed by atoms with Gasteiger partial charge >= 0.3 is 5.97 Å². The van der Waals surface area contributed by atoms with E-state index in [1.54, 1.807) is 6.07 Å². The molecule has 2 heterocycles. The fourth-order valence-electron chi connectivity index (χ4n) is 3.36. The molecule has 0 saturated heterocycles. The van der Waals surface area contributed by atoms with Crippen LogP contribution in [0.4, 0.5) is 0 Å². The second-order valence-electron chi connectivity index (χ2n) is 6.05. The van der Waals surface area contributed by atoms with Crippen molar-refractivity contribution in [3.63, 3.8) is 0 Å². The number of aromatic carboxylic acids is 1. The van der Waals surface area contributed by atoms with E-state index in [2.05, 4.69) is 22.8 Å². The highest BCUT2D eigenvalue weighted by Crippen LogP contribution is 2.30. The number of fused-ring (bicyclic) bond motifs is 2. The number of rotatable bonds is 2. The van der Waals surface area contributed by atoms with Crippen LogP contribution in [0.3, 0.4) is 0 Å². The molecule has 0 atom stereocenters. The minimum absolute atomic E-state index is 0.296. The lowest BCUT2D eigenvalue weighted by Gasteiger charge is -2.05. The van der Waals surface area contributed by atoms with Crippen molar-refractivity contribution in [1.29, 1.82) is 0 Å². The van der Waals surface area contributed by atoms with Crippen LogP contribution in [-0.4, -0.2) is 25.2 Å². The lowest BCUT2D eigenvalue weighted by atomic mass is 10.1. The predicted octanol–water partition coefficient (Wildman–Crippen LogP) is 3.74. The number of hydrogen-bond acceptors (Lipinski definition) is 2. The Labute approximate surface area is 138 Å². The molecule has 5 heteroatoms. The maximum absolute atomic E-state index is 11.4. The van der Waals surface area contributed by atoms with E-state index in [9.17, 15) is 9.90 Å². The highest BCUT2D eigenvalue weighted by atomic mass is 16.4. The summed E-state index contributed by atoms with van der Waals surface area (Å²) in [6.45, 7) is 1.81. The molecule has 0 fully saturated rings. The maximum atomic E-state index is 11.4. The summed E-state index contributed by atoms with van der Waals surface area (Å²) >= 11 is 0. The number of hydrogen-bond donors (Lipinski definition) is 1. The van der Waals surface area contributed by atoms with Crippen molar-refractivity contribution in [1.82, 2.24) is 14.1 Å². The first kappa shape index (κ1) is 14.5. The zero-order valence-corrected chi connectivity index (χ0v) is 13.7. The van der Waals surface area contributed by atoms with E-state index >= 15 is 0 Å². The Hall–Kier alpha value is -3.08. The highest BCUT2D eigenvalue weighted by molar-refractivity contribution is 5.96. The first-order valence-corrected chi connectivity index (χ1v) is 7.73. The number of aryl methyl sites for hydroxylation is 3. The molecular weight excluding hydrogens is 302 g/mol. The zero-order valence-electron chi connectivity index (χ0n) is 13.7. The first-order chi connectivity index (χ1) is 11.5. The predicted molar refractivity (Wildman–Crippen MR) is 94.3 cm³/mol. The van der Waals surface area contributed by atoms with Gasteiger partial charge in [0.05, 0.1) is 22.3 Å². The van der Waals surface area contributed by atoms with Crippen molar-refractivity contribution in [2.75, 3.05) is 0 Å². The molecule has 0 saturated carbocycles. The summed E-state index contributed by atoms with van der Waals surface area (Å²) in [5.41, 5.74) is 4.80. The molecule has 1 N–H and O–H groups in total. The van der Waals surface area contributed by atoms with Gasteiger partial charge in [0.2, 0.25) is 0 Å². The topological polar surface area (TPSA) is 60.0 Å². The van der Waals surface area contributed by atoms with E-state index < -0.39 is 5.97 Å². The van der Waals surface area contributed by atoms with Gasteiger partial charge in [0, 0.05) is 25.0 Å². The minimum Gasteiger partial charge on any atom is -0.478 e. The van der Waals surface area contributed by atoms with Crippen LogP contribution in [0, 0.1) is 6.92 Å². The van der Waals surface area contributed by atoms with Gasteiger partial charge in [-0.25, -0.2) is 9.78 Å². The zero-order chi connectivity index (χ0) is 17.0. The summed E-state index contributed by atoms with van der Waals surface area (Å²) < 4.78 is 4.13. The molecule has 24 heavy (non-hydrogen) atoms. The van der Waals surface area contributed by atoms with Gasteiger partial charge < -0.3 is 14.2 Å². The van der Waals surface area contributed by atoms with Crippen LogP contribution >= 0.6 is 0 Å². The quantitative estimate of drug-likeness (QED) is 0.612. The number of carbonyl (C=O) groups is 1. The monoisotopic (exact) mass is 319 g/mol. The van der Waals surface area contributed by atoms with Crippen LogP contribution in [0.2, 0.25) is 0 Å². The number of carboxylic acid groups (broad SMARTS) is 1. The van der Waals surface area contributed by atoms with Gasteiger partial charge in [-0.1, -0.05) is 18.2 Å². The van der Waals surface area contributed by atoms with Crippen molar-refractivity contribution in [2.45, 2.75) is 6.92 Å². The average molecular weight is 319 g/mol. The molecule has 2 aromatic heterocycles. The summed E-state index contributed by atoms with van der Waals surface area (Å²) in [7, 11) is 3.98. The van der Waals surface area contributed by atoms with Gasteiger partial charge in [0.1, 0.15) is 0 Å². The van der Waals surface area contributed by atoms with Crippen LogP contribution in [0.5, 0.6) is 0 Å². The van der Waals surface area contributed by atoms with Gasteiger partial charge in [-0.05, 0) is 36.8 Å². The fourth-order valence-corrected chi connectivity index (χ4v) is 3.36. The van der Waals surface area contributed by atoms with E-state index in [0.717, 1.165) is 33.5 Å². The molecule has 0 spiro atoms. The van der Waals surface area contributed by atoms with E-state index in [-0.39, 0.29) is 0 Å². The first-order valence-electron chi connectivity index (χ1n) is 7.73. The van der Waals surface area contributed by atoms with Crippen molar-refractivity contribution in [3.8, 4) is 11.5 Å². The third-order valence-electron chi connectivity index (χ3n) is 4.72. The van der Waals surface area contributed by atoms with Crippen molar-refractivity contribution in [3.05, 3.63) is 53.6 Å². The molecule has 4 rings (SSSR count). The molecule has 2 aromatic carbocycles. The summed E-state index contributed by atoms with van der Waals surface area (Å²) in [5, 5.41) is 10.5. The molecule has 5 nitrogen and oxygen atoms in total. The van der Waals surface area contributed by atoms with E-state index in [1.807, 2.05) is 43.8 Å². The van der Waals surface area contributed by atoms with Gasteiger partial charge in [0.15, 0.2) is 5.82 Å². The Morgan fingerprint density at radius 3 is 2.50 bits per heavy atom. The fraction of sp³-hybridized carbons (Fsp3) is 0.158. The second kappa shape index (κ2) is 4.96. The lowest BCUT2D eigenvalue weighted by molar-refractivity contribution is 0.0696. The number of carboxylic acids is 1. The Balaban J connectivity index is 2.03. The van der Waals surface area contributed by atoms with Crippen LogP contribution in [-0.2, 0) is 14.1 Å². The number of aromatic nitrogens is 3. The molecule has 0 amide bonds. The SMILES string of the molecule is Cc1c(C(=O)O)ccc2c1nc(-c1cc3ccccc3n1C)n2C. The van der Waals surface area contributed by atoms with Crippen LogP contribution in [0.1, 0.15) is 15.9 Å². The van der Waals surface area contributed by atoms with E-state index in [4.69, 9.17) is 4.98 Å². The van der Waals surface area contributed by atoms with Crippen molar-refractivity contribution in [2.24, 2.45) is 14.1 Å². The highest BCUT2D eigenvalue weighted by Gasteiger charge is 2.18. The van der Waals surface area contributed by atoms with Crippen LogP contribution in [0.15, 0.2) is 42.5 Å². The van der Waals surface area contributed by atoms with Crippen molar-refractivity contribution >= 4 is 27.9 Å². The normalized spacial score (nSPS) is 11.5. The molecular formula is C19H17N3O2. The molecule has 0 aliphatic rings. The molecule has 0 bridgehead atoms. The summed E-state index contributed by atoms with van der Waals surface area (Å²) in [6, 6.07) is 13.8. The summed E-state index contributed by atoms with van der Waals surface area (Å²) in [4.78, 5) is 16.1.